The number of methoxy groups -OCH3 is 2. The molecule has 20 heavy (non-hydrogen) atoms. The zero-order valence-corrected chi connectivity index (χ0v) is 11.7. The minimum absolute atomic E-state index is 0.0232. The highest BCUT2D eigenvalue weighted by Crippen LogP contribution is 2.20. The second-order valence-corrected chi connectivity index (χ2v) is 4.37. The predicted octanol–water partition coefficient (Wildman–Crippen LogP) is 2.28. The van der Waals surface area contributed by atoms with E-state index in [1.165, 1.54) is 20.4 Å². The fourth-order valence-electron chi connectivity index (χ4n) is 1.76. The third kappa shape index (κ3) is 2.53. The van der Waals surface area contributed by atoms with E-state index >= 15 is 0 Å². The molecule has 1 heterocycles. The fourth-order valence-corrected chi connectivity index (χ4v) is 1.88. The molecule has 2 rings (SSSR count). The molecule has 0 fully saturated rings. The number of nitrogens with one attached hydrogen (secondary N) is 1. The van der Waals surface area contributed by atoms with Crippen molar-refractivity contribution in [2.24, 2.45) is 0 Å². The third-order valence-corrected chi connectivity index (χ3v) is 3.02. The lowest BCUT2D eigenvalue weighted by Crippen LogP contribution is -2.18. The molecular formula is C14H12ClNO4. The molecule has 5 nitrogen and oxygen atoms in total. The lowest BCUT2D eigenvalue weighted by Gasteiger charge is -2.08. The van der Waals surface area contributed by atoms with E-state index in [2.05, 4.69) is 4.98 Å². The van der Waals surface area contributed by atoms with Gasteiger partial charge in [-0.25, -0.2) is 0 Å². The number of rotatable bonds is 4. The largest absolute Gasteiger partial charge is 0.488 e. The SMILES string of the molecule is COc1[nH]cc(C(=O)c2ccc(Cl)cc2)c(=O)c1OC. The van der Waals surface area contributed by atoms with Gasteiger partial charge in [0, 0.05) is 16.8 Å². The van der Waals surface area contributed by atoms with Crippen molar-refractivity contribution in [3.8, 4) is 11.6 Å². The standard InChI is InChI=1S/C14H12ClNO4/c1-19-13-12(18)10(7-16-14(13)20-2)11(17)8-3-5-9(15)6-4-8/h3-7H,1-2H3,(H,16,18). The number of pyridine rings is 1. The molecule has 1 aromatic heterocycles. The smallest absolute Gasteiger partial charge is 0.238 e. The van der Waals surface area contributed by atoms with Crippen LogP contribution in [0.15, 0.2) is 35.3 Å². The Kier molecular flexibility index (Phi) is 4.10. The van der Waals surface area contributed by atoms with Crippen molar-refractivity contribution in [3.63, 3.8) is 0 Å². The van der Waals surface area contributed by atoms with Crippen LogP contribution in [0, 0.1) is 0 Å². The van der Waals surface area contributed by atoms with Gasteiger partial charge in [0.25, 0.3) is 0 Å². The van der Waals surface area contributed by atoms with Crippen molar-refractivity contribution < 1.29 is 14.3 Å². The maximum atomic E-state index is 12.3. The van der Waals surface area contributed by atoms with Crippen LogP contribution < -0.4 is 14.9 Å². The average Bonchev–Trinajstić information content (AvgIpc) is 2.47. The minimum Gasteiger partial charge on any atom is -0.488 e. The zero-order chi connectivity index (χ0) is 14.7. The number of ether oxygens (including phenoxy) is 2. The summed E-state index contributed by atoms with van der Waals surface area (Å²) < 4.78 is 9.93. The molecule has 1 aromatic carbocycles. The Morgan fingerprint density at radius 3 is 2.35 bits per heavy atom. The van der Waals surface area contributed by atoms with Gasteiger partial charge < -0.3 is 14.5 Å². The molecule has 0 amide bonds. The summed E-state index contributed by atoms with van der Waals surface area (Å²) >= 11 is 5.77. The van der Waals surface area contributed by atoms with Crippen LogP contribution in [-0.2, 0) is 0 Å². The van der Waals surface area contributed by atoms with E-state index in [4.69, 9.17) is 21.1 Å². The van der Waals surface area contributed by atoms with E-state index in [0.29, 0.717) is 10.6 Å². The van der Waals surface area contributed by atoms with Gasteiger partial charge in [-0.1, -0.05) is 11.6 Å². The molecule has 0 atom stereocenters. The number of H-pyrrole nitrogens is 1. The van der Waals surface area contributed by atoms with Gasteiger partial charge >= 0.3 is 0 Å². The molecule has 0 aliphatic rings. The number of halogens is 1. The topological polar surface area (TPSA) is 68.4 Å². The molecule has 0 spiro atoms. The van der Waals surface area contributed by atoms with Crippen molar-refractivity contribution in [1.82, 2.24) is 4.98 Å². The fraction of sp³-hybridized carbons (Fsp3) is 0.143. The summed E-state index contributed by atoms with van der Waals surface area (Å²) in [5.74, 6) is -0.277. The second-order valence-electron chi connectivity index (χ2n) is 3.93. The number of ketones is 1. The molecule has 0 aliphatic carbocycles. The van der Waals surface area contributed by atoms with E-state index in [1.807, 2.05) is 0 Å². The molecule has 0 radical (unpaired) electrons. The average molecular weight is 294 g/mol. The van der Waals surface area contributed by atoms with Crippen LogP contribution in [0.25, 0.3) is 0 Å². The molecule has 0 bridgehead atoms. The Labute approximate surface area is 120 Å². The summed E-state index contributed by atoms with van der Waals surface area (Å²) in [6, 6.07) is 6.29. The highest BCUT2D eigenvalue weighted by atomic mass is 35.5. The number of carbonyl (C=O) groups excluding carboxylic acids is 1. The molecule has 6 heteroatoms. The van der Waals surface area contributed by atoms with Crippen LogP contribution in [0.2, 0.25) is 5.02 Å². The van der Waals surface area contributed by atoms with E-state index in [-0.39, 0.29) is 17.2 Å². The number of hydrogen-bond acceptors (Lipinski definition) is 4. The van der Waals surface area contributed by atoms with E-state index in [0.717, 1.165) is 0 Å². The summed E-state index contributed by atoms with van der Waals surface area (Å²) in [5, 5.41) is 0.516. The lowest BCUT2D eigenvalue weighted by molar-refractivity contribution is 0.103. The Hall–Kier alpha value is -2.27. The number of carbonyl (C=O) groups is 1. The van der Waals surface area contributed by atoms with Crippen molar-refractivity contribution in [1.29, 1.82) is 0 Å². The Bertz CT molecular complexity index is 691. The van der Waals surface area contributed by atoms with Gasteiger partial charge in [0.1, 0.15) is 0 Å². The molecule has 0 saturated heterocycles. The molecule has 1 N–H and O–H groups in total. The van der Waals surface area contributed by atoms with Crippen LogP contribution in [0.1, 0.15) is 15.9 Å². The minimum atomic E-state index is -0.525. The van der Waals surface area contributed by atoms with Gasteiger partial charge in [-0.15, -0.1) is 0 Å². The summed E-state index contributed by atoms with van der Waals surface area (Å²) in [5.41, 5.74) is -0.180. The summed E-state index contributed by atoms with van der Waals surface area (Å²) in [6.45, 7) is 0. The predicted molar refractivity (Wildman–Crippen MR) is 75.1 cm³/mol. The van der Waals surface area contributed by atoms with Crippen molar-refractivity contribution in [2.45, 2.75) is 0 Å². The van der Waals surface area contributed by atoms with E-state index in [9.17, 15) is 9.59 Å². The first-order valence-corrected chi connectivity index (χ1v) is 6.10. The number of hydrogen-bond donors (Lipinski definition) is 1. The number of benzene rings is 1. The highest BCUT2D eigenvalue weighted by Gasteiger charge is 2.19. The Morgan fingerprint density at radius 2 is 1.80 bits per heavy atom. The Morgan fingerprint density at radius 1 is 1.15 bits per heavy atom. The maximum absolute atomic E-state index is 12.3. The van der Waals surface area contributed by atoms with Gasteiger partial charge in [-0.2, -0.15) is 0 Å². The van der Waals surface area contributed by atoms with Gasteiger partial charge in [-0.3, -0.25) is 9.59 Å². The van der Waals surface area contributed by atoms with Crippen LogP contribution >= 0.6 is 11.6 Å². The monoisotopic (exact) mass is 293 g/mol. The number of aromatic amines is 1. The first-order valence-electron chi connectivity index (χ1n) is 5.72. The molecule has 104 valence electrons. The Balaban J connectivity index is 2.50. The van der Waals surface area contributed by atoms with Crippen molar-refractivity contribution >= 4 is 17.4 Å². The molecule has 0 unspecified atom stereocenters. The maximum Gasteiger partial charge on any atom is 0.238 e. The summed E-state index contributed by atoms with van der Waals surface area (Å²) in [4.78, 5) is 27.2. The van der Waals surface area contributed by atoms with Gasteiger partial charge in [0.2, 0.25) is 17.1 Å². The first-order chi connectivity index (χ1) is 9.58. The van der Waals surface area contributed by atoms with Crippen LogP contribution in [-0.4, -0.2) is 25.0 Å². The quantitative estimate of drug-likeness (QED) is 0.878. The normalized spacial score (nSPS) is 10.2. The van der Waals surface area contributed by atoms with Crippen LogP contribution in [0.3, 0.4) is 0 Å². The zero-order valence-electron chi connectivity index (χ0n) is 10.9. The third-order valence-electron chi connectivity index (χ3n) is 2.76. The molecule has 0 aliphatic heterocycles. The summed E-state index contributed by atoms with van der Waals surface area (Å²) in [6.07, 6.45) is 1.31. The van der Waals surface area contributed by atoms with Crippen molar-refractivity contribution in [2.75, 3.05) is 14.2 Å². The van der Waals surface area contributed by atoms with E-state index < -0.39 is 11.2 Å². The lowest BCUT2D eigenvalue weighted by atomic mass is 10.0. The van der Waals surface area contributed by atoms with Gasteiger partial charge in [0.05, 0.1) is 19.8 Å². The summed E-state index contributed by atoms with van der Waals surface area (Å²) in [7, 11) is 2.73. The van der Waals surface area contributed by atoms with Crippen LogP contribution in [0.4, 0.5) is 0 Å². The van der Waals surface area contributed by atoms with Gasteiger partial charge in [-0.05, 0) is 24.3 Å². The van der Waals surface area contributed by atoms with Gasteiger partial charge in [0.15, 0.2) is 5.78 Å². The molecule has 0 saturated carbocycles. The first kappa shape index (κ1) is 14.1. The molecular weight excluding hydrogens is 282 g/mol. The number of aromatic nitrogens is 1. The second kappa shape index (κ2) is 5.79. The molecule has 2 aromatic rings. The van der Waals surface area contributed by atoms with Crippen molar-refractivity contribution in [3.05, 3.63) is 56.8 Å². The van der Waals surface area contributed by atoms with E-state index in [1.54, 1.807) is 24.3 Å². The van der Waals surface area contributed by atoms with Crippen LogP contribution in [0.5, 0.6) is 11.6 Å². The highest BCUT2D eigenvalue weighted by molar-refractivity contribution is 6.30.